The van der Waals surface area contributed by atoms with E-state index in [0.29, 0.717) is 11.3 Å². The molecule has 1 aromatic rings. The van der Waals surface area contributed by atoms with Crippen LogP contribution in [0, 0.1) is 0 Å². The lowest BCUT2D eigenvalue weighted by Crippen LogP contribution is -2.44. The molecule has 1 atom stereocenters. The van der Waals surface area contributed by atoms with Gasteiger partial charge in [-0.2, -0.15) is 0 Å². The zero-order valence-corrected chi connectivity index (χ0v) is 14.7. The Labute approximate surface area is 135 Å². The molecule has 0 fully saturated rings. The number of hydrogen-bond donors (Lipinski definition) is 0. The highest BCUT2D eigenvalue weighted by Gasteiger charge is 2.33. The quantitative estimate of drug-likeness (QED) is 0.743. The average molecular weight is 321 g/mol. The van der Waals surface area contributed by atoms with E-state index < -0.39 is 15.2 Å². The van der Waals surface area contributed by atoms with Gasteiger partial charge >= 0.3 is 0 Å². The molecule has 0 bridgehead atoms. The number of unbranched alkanes of at least 4 members (excludes halogenated alkanes) is 1. The molecule has 22 heavy (non-hydrogen) atoms. The van der Waals surface area contributed by atoms with Gasteiger partial charge in [0.15, 0.2) is 9.84 Å². The SMILES string of the molecule is CCCCC(N1CCC(C)=C(C)C1)S(=O)(=O)c1ccccc1. The summed E-state index contributed by atoms with van der Waals surface area (Å²) in [4.78, 5) is 2.60. The molecule has 0 N–H and O–H groups in total. The molecular formula is C18H27NO2S. The molecule has 2 rings (SSSR count). The fraction of sp³-hybridized carbons (Fsp3) is 0.556. The summed E-state index contributed by atoms with van der Waals surface area (Å²) in [7, 11) is -3.31. The Hall–Kier alpha value is -1.13. The third kappa shape index (κ3) is 3.79. The maximum Gasteiger partial charge on any atom is 0.194 e. The van der Waals surface area contributed by atoms with Crippen molar-refractivity contribution in [3.63, 3.8) is 0 Å². The number of benzene rings is 1. The maximum atomic E-state index is 13.1. The zero-order chi connectivity index (χ0) is 16.2. The van der Waals surface area contributed by atoms with Gasteiger partial charge in [-0.15, -0.1) is 0 Å². The summed E-state index contributed by atoms with van der Waals surface area (Å²) in [6, 6.07) is 8.89. The monoisotopic (exact) mass is 321 g/mol. The Morgan fingerprint density at radius 3 is 2.41 bits per heavy atom. The molecule has 0 aromatic heterocycles. The van der Waals surface area contributed by atoms with Crippen molar-refractivity contribution in [1.29, 1.82) is 0 Å². The van der Waals surface area contributed by atoms with E-state index >= 15 is 0 Å². The van der Waals surface area contributed by atoms with Crippen LogP contribution in [0.3, 0.4) is 0 Å². The lowest BCUT2D eigenvalue weighted by Gasteiger charge is -2.35. The first-order valence-electron chi connectivity index (χ1n) is 8.15. The largest absolute Gasteiger partial charge is 0.283 e. The van der Waals surface area contributed by atoms with E-state index in [1.54, 1.807) is 24.3 Å². The molecule has 1 aliphatic rings. The van der Waals surface area contributed by atoms with Crippen LogP contribution in [0.15, 0.2) is 46.4 Å². The smallest absolute Gasteiger partial charge is 0.194 e. The molecule has 0 saturated carbocycles. The summed E-state index contributed by atoms with van der Waals surface area (Å²) >= 11 is 0. The van der Waals surface area contributed by atoms with Crippen molar-refractivity contribution < 1.29 is 8.42 Å². The van der Waals surface area contributed by atoms with Crippen LogP contribution in [0.2, 0.25) is 0 Å². The predicted molar refractivity (Wildman–Crippen MR) is 91.5 cm³/mol. The van der Waals surface area contributed by atoms with Crippen molar-refractivity contribution in [2.45, 2.75) is 56.7 Å². The van der Waals surface area contributed by atoms with Gasteiger partial charge in [0.2, 0.25) is 0 Å². The van der Waals surface area contributed by atoms with Crippen molar-refractivity contribution in [1.82, 2.24) is 4.90 Å². The Morgan fingerprint density at radius 1 is 1.14 bits per heavy atom. The van der Waals surface area contributed by atoms with E-state index in [0.717, 1.165) is 32.4 Å². The molecule has 0 radical (unpaired) electrons. The summed E-state index contributed by atoms with van der Waals surface area (Å²) in [5.41, 5.74) is 2.72. The Kier molecular flexibility index (Phi) is 5.81. The number of nitrogens with zero attached hydrogens (tertiary/aromatic N) is 1. The molecule has 1 aliphatic heterocycles. The minimum atomic E-state index is -3.31. The highest BCUT2D eigenvalue weighted by atomic mass is 32.2. The molecule has 0 spiro atoms. The molecule has 3 nitrogen and oxygen atoms in total. The van der Waals surface area contributed by atoms with Crippen LogP contribution in [0.25, 0.3) is 0 Å². The van der Waals surface area contributed by atoms with Crippen LogP contribution in [-0.2, 0) is 9.84 Å². The van der Waals surface area contributed by atoms with Crippen LogP contribution in [0.1, 0.15) is 46.5 Å². The standard InChI is InChI=1S/C18H27NO2S/c1-4-5-11-18(19-13-12-15(2)16(3)14-19)22(20,21)17-9-7-6-8-10-17/h6-10,18H,4-5,11-14H2,1-3H3. The summed E-state index contributed by atoms with van der Waals surface area (Å²) in [6.07, 6.45) is 3.64. The minimum absolute atomic E-state index is 0.405. The molecule has 1 unspecified atom stereocenters. The number of hydrogen-bond acceptors (Lipinski definition) is 3. The van der Waals surface area contributed by atoms with Gasteiger partial charge in [-0.3, -0.25) is 4.90 Å². The molecule has 1 heterocycles. The molecule has 0 aliphatic carbocycles. The lowest BCUT2D eigenvalue weighted by atomic mass is 10.0. The fourth-order valence-electron chi connectivity index (χ4n) is 2.97. The summed E-state index contributed by atoms with van der Waals surface area (Å²) in [5.74, 6) is 0. The van der Waals surface area contributed by atoms with E-state index in [1.807, 2.05) is 6.07 Å². The zero-order valence-electron chi connectivity index (χ0n) is 13.9. The first-order valence-corrected chi connectivity index (χ1v) is 9.69. The van der Waals surface area contributed by atoms with E-state index in [1.165, 1.54) is 11.1 Å². The fourth-order valence-corrected chi connectivity index (χ4v) is 4.87. The highest BCUT2D eigenvalue weighted by Crippen LogP contribution is 2.27. The number of sulfone groups is 1. The van der Waals surface area contributed by atoms with Crippen LogP contribution < -0.4 is 0 Å². The van der Waals surface area contributed by atoms with Crippen molar-refractivity contribution in [2.75, 3.05) is 13.1 Å². The van der Waals surface area contributed by atoms with Gasteiger partial charge < -0.3 is 0 Å². The maximum absolute atomic E-state index is 13.1. The van der Waals surface area contributed by atoms with Crippen molar-refractivity contribution in [2.24, 2.45) is 0 Å². The van der Waals surface area contributed by atoms with Gasteiger partial charge in [-0.05, 0) is 38.8 Å². The molecular weight excluding hydrogens is 294 g/mol. The minimum Gasteiger partial charge on any atom is -0.283 e. The summed E-state index contributed by atoms with van der Waals surface area (Å²) < 4.78 is 26.1. The topological polar surface area (TPSA) is 37.4 Å². The summed E-state index contributed by atoms with van der Waals surface area (Å²) in [6.45, 7) is 7.99. The molecule has 0 saturated heterocycles. The first-order chi connectivity index (χ1) is 10.5. The number of rotatable bonds is 6. The van der Waals surface area contributed by atoms with Crippen molar-refractivity contribution >= 4 is 9.84 Å². The second-order valence-corrected chi connectivity index (χ2v) is 8.34. The molecule has 4 heteroatoms. The highest BCUT2D eigenvalue weighted by molar-refractivity contribution is 7.92. The van der Waals surface area contributed by atoms with Crippen LogP contribution in [0.5, 0.6) is 0 Å². The van der Waals surface area contributed by atoms with E-state index in [-0.39, 0.29) is 0 Å². The van der Waals surface area contributed by atoms with E-state index in [2.05, 4.69) is 25.7 Å². The second-order valence-electron chi connectivity index (χ2n) is 6.24. The summed E-state index contributed by atoms with van der Waals surface area (Å²) in [5, 5.41) is -0.405. The van der Waals surface area contributed by atoms with Crippen LogP contribution >= 0.6 is 0 Å². The van der Waals surface area contributed by atoms with Gasteiger partial charge in [-0.25, -0.2) is 8.42 Å². The average Bonchev–Trinajstić information content (AvgIpc) is 2.52. The third-order valence-electron chi connectivity index (χ3n) is 4.58. The lowest BCUT2D eigenvalue weighted by molar-refractivity contribution is 0.245. The first kappa shape index (κ1) is 17.2. The van der Waals surface area contributed by atoms with Gasteiger partial charge in [0, 0.05) is 13.1 Å². The second kappa shape index (κ2) is 7.42. The van der Waals surface area contributed by atoms with Gasteiger partial charge in [0.25, 0.3) is 0 Å². The van der Waals surface area contributed by atoms with E-state index in [4.69, 9.17) is 0 Å². The molecule has 1 aromatic carbocycles. The Bertz CT molecular complexity index is 620. The van der Waals surface area contributed by atoms with Gasteiger partial charge in [0.05, 0.1) is 4.90 Å². The van der Waals surface area contributed by atoms with Crippen LogP contribution in [0.4, 0.5) is 0 Å². The normalized spacial score (nSPS) is 18.5. The Morgan fingerprint density at radius 2 is 1.82 bits per heavy atom. The van der Waals surface area contributed by atoms with Gasteiger partial charge in [0.1, 0.15) is 5.37 Å². The van der Waals surface area contributed by atoms with Crippen LogP contribution in [-0.4, -0.2) is 31.8 Å². The van der Waals surface area contributed by atoms with Gasteiger partial charge in [-0.1, -0.05) is 49.1 Å². The third-order valence-corrected chi connectivity index (χ3v) is 6.76. The van der Waals surface area contributed by atoms with Crippen molar-refractivity contribution in [3.8, 4) is 0 Å². The Balaban J connectivity index is 2.30. The molecule has 122 valence electrons. The predicted octanol–water partition coefficient (Wildman–Crippen LogP) is 4.02. The van der Waals surface area contributed by atoms with Crippen molar-refractivity contribution in [3.05, 3.63) is 41.5 Å². The van der Waals surface area contributed by atoms with E-state index in [9.17, 15) is 8.42 Å². The molecule has 0 amide bonds.